The van der Waals surface area contributed by atoms with E-state index in [4.69, 9.17) is 14.5 Å². The predicted octanol–water partition coefficient (Wildman–Crippen LogP) is 6.20. The first-order valence-corrected chi connectivity index (χ1v) is 12.8. The van der Waals surface area contributed by atoms with Gasteiger partial charge in [-0.05, 0) is 61.9 Å². The molecule has 3 heterocycles. The Bertz CT molecular complexity index is 1590. The minimum atomic E-state index is 0.0942. The number of ether oxygens (including phenoxy) is 2. The second-order valence-corrected chi connectivity index (χ2v) is 9.77. The van der Waals surface area contributed by atoms with E-state index in [2.05, 4.69) is 27.3 Å². The third-order valence-electron chi connectivity index (χ3n) is 6.53. The highest BCUT2D eigenvalue weighted by Crippen LogP contribution is 2.33. The molecule has 2 aromatic heterocycles. The number of nitrogens with zero attached hydrogens (tertiary/aromatic N) is 3. The van der Waals surface area contributed by atoms with Crippen molar-refractivity contribution in [3.8, 4) is 17.2 Å². The molecule has 0 amide bonds. The molecule has 6 rings (SSSR count). The second kappa shape index (κ2) is 9.24. The minimum Gasteiger partial charge on any atom is -0.454 e. The van der Waals surface area contributed by atoms with Crippen molar-refractivity contribution >= 4 is 28.6 Å². The van der Waals surface area contributed by atoms with Crippen molar-refractivity contribution in [2.24, 2.45) is 0 Å². The van der Waals surface area contributed by atoms with Crippen molar-refractivity contribution in [3.63, 3.8) is 0 Å². The van der Waals surface area contributed by atoms with E-state index in [0.717, 1.165) is 55.9 Å². The van der Waals surface area contributed by atoms with E-state index in [1.54, 1.807) is 0 Å². The highest BCUT2D eigenvalue weighted by Gasteiger charge is 2.20. The molecule has 0 N–H and O–H groups in total. The molecule has 0 bridgehead atoms. The Labute approximate surface area is 213 Å². The maximum Gasteiger partial charge on any atom is 0.231 e. The zero-order valence-electron chi connectivity index (χ0n) is 20.1. The summed E-state index contributed by atoms with van der Waals surface area (Å²) in [6.07, 6.45) is 0. The zero-order valence-corrected chi connectivity index (χ0v) is 20.9. The van der Waals surface area contributed by atoms with Gasteiger partial charge in [-0.15, -0.1) is 0 Å². The zero-order chi connectivity index (χ0) is 24.6. The number of Topliss-reactive ketones (excluding diaryl/α,β-unsaturated/α-hetero) is 1. The van der Waals surface area contributed by atoms with Gasteiger partial charge in [0.25, 0.3) is 0 Å². The number of fused-ring (bicyclic) bond motifs is 2. The third-order valence-corrected chi connectivity index (χ3v) is 7.47. The number of para-hydroxylation sites is 3. The number of carbonyl (C=O) groups is 1. The highest BCUT2D eigenvalue weighted by molar-refractivity contribution is 7.99. The van der Waals surface area contributed by atoms with Gasteiger partial charge >= 0.3 is 0 Å². The standard InChI is InChI=1S/C29H25N3O3S/c1-19-14-23(20(2)31(19)16-21-12-13-27-28(15-21)35-18-34-27)26(33)17-36-29-30-24-10-6-7-11-25(24)32(29)22-8-4-3-5-9-22/h3-15H,16-18H2,1-2H3. The molecule has 1 aliphatic heterocycles. The van der Waals surface area contributed by atoms with Crippen LogP contribution in [-0.2, 0) is 6.54 Å². The van der Waals surface area contributed by atoms with Crippen LogP contribution >= 0.6 is 11.8 Å². The van der Waals surface area contributed by atoms with Crippen molar-refractivity contribution in [2.45, 2.75) is 25.5 Å². The third kappa shape index (κ3) is 4.05. The molecule has 0 saturated heterocycles. The Morgan fingerprint density at radius 3 is 2.58 bits per heavy atom. The normalized spacial score (nSPS) is 12.4. The van der Waals surface area contributed by atoms with Gasteiger partial charge in [-0.1, -0.05) is 48.2 Å². The van der Waals surface area contributed by atoms with E-state index in [9.17, 15) is 4.79 Å². The lowest BCUT2D eigenvalue weighted by Gasteiger charge is -2.11. The van der Waals surface area contributed by atoms with E-state index < -0.39 is 0 Å². The van der Waals surface area contributed by atoms with Crippen LogP contribution in [0.4, 0.5) is 0 Å². The van der Waals surface area contributed by atoms with Gasteiger partial charge in [0.05, 0.1) is 16.8 Å². The molecule has 0 spiro atoms. The van der Waals surface area contributed by atoms with Gasteiger partial charge in [0.15, 0.2) is 22.4 Å². The molecule has 3 aromatic carbocycles. The smallest absolute Gasteiger partial charge is 0.231 e. The van der Waals surface area contributed by atoms with Crippen LogP contribution in [0.3, 0.4) is 0 Å². The first-order chi connectivity index (χ1) is 17.6. The van der Waals surface area contributed by atoms with Crippen LogP contribution in [0.25, 0.3) is 16.7 Å². The number of imidazole rings is 1. The fourth-order valence-electron chi connectivity index (χ4n) is 4.68. The van der Waals surface area contributed by atoms with Crippen molar-refractivity contribution < 1.29 is 14.3 Å². The molecule has 0 aliphatic carbocycles. The average molecular weight is 496 g/mol. The van der Waals surface area contributed by atoms with E-state index in [1.165, 1.54) is 11.8 Å². The van der Waals surface area contributed by atoms with Gasteiger partial charge in [0, 0.05) is 29.2 Å². The molecule has 0 radical (unpaired) electrons. The average Bonchev–Trinajstić information content (AvgIpc) is 3.59. The maximum atomic E-state index is 13.4. The summed E-state index contributed by atoms with van der Waals surface area (Å²) in [5.74, 6) is 1.94. The van der Waals surface area contributed by atoms with E-state index >= 15 is 0 Å². The fraction of sp³-hybridized carbons (Fsp3) is 0.172. The Balaban J connectivity index is 1.24. The Morgan fingerprint density at radius 2 is 1.72 bits per heavy atom. The molecule has 0 fully saturated rings. The minimum absolute atomic E-state index is 0.0942. The highest BCUT2D eigenvalue weighted by atomic mass is 32.2. The first kappa shape index (κ1) is 22.5. The number of carbonyl (C=O) groups excluding carboxylic acids is 1. The lowest BCUT2D eigenvalue weighted by Crippen LogP contribution is -2.08. The van der Waals surface area contributed by atoms with Crippen LogP contribution in [0.1, 0.15) is 27.3 Å². The van der Waals surface area contributed by atoms with Crippen molar-refractivity contribution in [3.05, 3.63) is 101 Å². The Hall–Kier alpha value is -3.97. The summed E-state index contributed by atoms with van der Waals surface area (Å²) < 4.78 is 15.2. The molecule has 36 heavy (non-hydrogen) atoms. The molecule has 180 valence electrons. The van der Waals surface area contributed by atoms with Crippen LogP contribution in [0, 0.1) is 13.8 Å². The number of benzene rings is 3. The molecule has 1 aliphatic rings. The van der Waals surface area contributed by atoms with Gasteiger partial charge < -0.3 is 14.0 Å². The summed E-state index contributed by atoms with van der Waals surface area (Å²) in [5, 5.41) is 0.810. The Morgan fingerprint density at radius 1 is 0.944 bits per heavy atom. The number of ketones is 1. The number of aryl methyl sites for hydroxylation is 1. The summed E-state index contributed by atoms with van der Waals surface area (Å²) in [7, 11) is 0. The predicted molar refractivity (Wildman–Crippen MR) is 142 cm³/mol. The number of thioether (sulfide) groups is 1. The first-order valence-electron chi connectivity index (χ1n) is 11.8. The van der Waals surface area contributed by atoms with E-state index in [0.29, 0.717) is 12.3 Å². The number of rotatable bonds is 7. The molecule has 0 atom stereocenters. The van der Waals surface area contributed by atoms with Gasteiger partial charge in [0.1, 0.15) is 0 Å². The van der Waals surface area contributed by atoms with Crippen LogP contribution < -0.4 is 9.47 Å². The number of hydrogen-bond acceptors (Lipinski definition) is 5. The summed E-state index contributed by atoms with van der Waals surface area (Å²) >= 11 is 1.47. The van der Waals surface area contributed by atoms with Gasteiger partial charge in [-0.25, -0.2) is 4.98 Å². The summed E-state index contributed by atoms with van der Waals surface area (Å²) in [4.78, 5) is 18.2. The molecule has 5 aromatic rings. The summed E-state index contributed by atoms with van der Waals surface area (Å²) in [5.41, 5.74) is 6.85. The topological polar surface area (TPSA) is 58.3 Å². The molecular weight excluding hydrogens is 470 g/mol. The molecule has 6 nitrogen and oxygen atoms in total. The van der Waals surface area contributed by atoms with Crippen LogP contribution in [0.2, 0.25) is 0 Å². The van der Waals surface area contributed by atoms with Crippen molar-refractivity contribution in [1.29, 1.82) is 0 Å². The summed E-state index contributed by atoms with van der Waals surface area (Å²) in [6, 6.07) is 26.2. The lowest BCUT2D eigenvalue weighted by atomic mass is 10.1. The molecule has 7 heteroatoms. The van der Waals surface area contributed by atoms with Crippen LogP contribution in [0.5, 0.6) is 11.5 Å². The van der Waals surface area contributed by atoms with Crippen LogP contribution in [-0.4, -0.2) is 32.4 Å². The Kier molecular flexibility index (Phi) is 5.77. The van der Waals surface area contributed by atoms with E-state index in [-0.39, 0.29) is 12.6 Å². The van der Waals surface area contributed by atoms with Gasteiger partial charge in [-0.2, -0.15) is 0 Å². The maximum absolute atomic E-state index is 13.4. The van der Waals surface area contributed by atoms with E-state index in [1.807, 2.05) is 74.5 Å². The molecule has 0 saturated carbocycles. The molecule has 0 unspecified atom stereocenters. The van der Waals surface area contributed by atoms with Crippen molar-refractivity contribution in [1.82, 2.24) is 14.1 Å². The lowest BCUT2D eigenvalue weighted by molar-refractivity contribution is 0.102. The van der Waals surface area contributed by atoms with Crippen molar-refractivity contribution in [2.75, 3.05) is 12.5 Å². The fourth-order valence-corrected chi connectivity index (χ4v) is 5.60. The SMILES string of the molecule is Cc1cc(C(=O)CSc2nc3ccccc3n2-c2ccccc2)c(C)n1Cc1ccc2c(c1)OCO2. The van der Waals surface area contributed by atoms with Crippen LogP contribution in [0.15, 0.2) is 84.0 Å². The monoisotopic (exact) mass is 495 g/mol. The number of aromatic nitrogens is 3. The van der Waals surface area contributed by atoms with Gasteiger partial charge in [0.2, 0.25) is 6.79 Å². The summed E-state index contributed by atoms with van der Waals surface area (Å²) in [6.45, 7) is 4.98. The van der Waals surface area contributed by atoms with Gasteiger partial charge in [-0.3, -0.25) is 9.36 Å². The number of hydrogen-bond donors (Lipinski definition) is 0. The second-order valence-electron chi connectivity index (χ2n) is 8.82. The largest absolute Gasteiger partial charge is 0.454 e. The molecular formula is C29H25N3O3S. The quantitative estimate of drug-likeness (QED) is 0.199.